The Morgan fingerprint density at radius 3 is 2.29 bits per heavy atom. The molecule has 2 nitrogen and oxygen atoms in total. The summed E-state index contributed by atoms with van der Waals surface area (Å²) in [7, 11) is -0.141. The van der Waals surface area contributed by atoms with Gasteiger partial charge in [0.2, 0.25) is 0 Å². The van der Waals surface area contributed by atoms with Crippen molar-refractivity contribution in [3.8, 4) is 0 Å². The van der Waals surface area contributed by atoms with Crippen LogP contribution in [0, 0.1) is 11.8 Å². The second-order valence-electron chi connectivity index (χ2n) is 7.61. The zero-order valence-corrected chi connectivity index (χ0v) is 13.8. The quantitative estimate of drug-likeness (QED) is 0.697. The molecule has 2 unspecified atom stereocenters. The van der Waals surface area contributed by atoms with Crippen molar-refractivity contribution in [2.45, 2.75) is 64.6 Å². The Kier molecular flexibility index (Phi) is 3.92. The van der Waals surface area contributed by atoms with E-state index in [1.54, 1.807) is 0 Å². The molecule has 0 spiro atoms. The Bertz CT molecular complexity index is 471. The fraction of sp³-hybridized carbons (Fsp3) is 0.667. The van der Waals surface area contributed by atoms with Crippen molar-refractivity contribution in [1.82, 2.24) is 0 Å². The highest BCUT2D eigenvalue weighted by Gasteiger charge is 2.52. The van der Waals surface area contributed by atoms with Crippen LogP contribution in [0.1, 0.15) is 53.4 Å². The molecule has 2 atom stereocenters. The maximum Gasteiger partial charge on any atom is 0.490 e. The van der Waals surface area contributed by atoms with Crippen LogP contribution in [-0.4, -0.2) is 18.3 Å². The normalized spacial score (nSPS) is 34.1. The smallest absolute Gasteiger partial charge is 0.400 e. The average Bonchev–Trinajstić information content (AvgIpc) is 2.69. The first-order valence-corrected chi connectivity index (χ1v) is 8.27. The molecule has 1 aliphatic heterocycles. The molecule has 114 valence electrons. The zero-order valence-electron chi connectivity index (χ0n) is 13.8. The fourth-order valence-electron chi connectivity index (χ4n) is 3.42. The van der Waals surface area contributed by atoms with Gasteiger partial charge in [0, 0.05) is 0 Å². The summed E-state index contributed by atoms with van der Waals surface area (Å²) in [5.41, 5.74) is 0.888. The van der Waals surface area contributed by atoms with Gasteiger partial charge >= 0.3 is 7.12 Å². The molecule has 3 aliphatic rings. The van der Waals surface area contributed by atoms with Crippen LogP contribution in [0.5, 0.6) is 0 Å². The minimum atomic E-state index is -0.230. The summed E-state index contributed by atoms with van der Waals surface area (Å²) in [4.78, 5) is 0. The van der Waals surface area contributed by atoms with E-state index in [1.807, 2.05) is 0 Å². The molecule has 0 N–H and O–H groups in total. The maximum atomic E-state index is 6.17. The van der Waals surface area contributed by atoms with Crippen LogP contribution in [-0.2, 0) is 9.31 Å². The Hall–Kier alpha value is -0.795. The predicted molar refractivity (Wildman–Crippen MR) is 87.9 cm³/mol. The van der Waals surface area contributed by atoms with Crippen molar-refractivity contribution in [1.29, 1.82) is 0 Å². The first kappa shape index (κ1) is 15.1. The molecule has 0 bridgehead atoms. The molecule has 0 aromatic rings. The number of rotatable bonds is 2. The molecule has 3 heteroatoms. The lowest BCUT2D eigenvalue weighted by Crippen LogP contribution is -2.41. The molecule has 1 fully saturated rings. The van der Waals surface area contributed by atoms with E-state index in [0.29, 0.717) is 5.92 Å². The third-order valence-electron chi connectivity index (χ3n) is 5.66. The third-order valence-corrected chi connectivity index (χ3v) is 5.66. The van der Waals surface area contributed by atoms with Crippen molar-refractivity contribution in [2.75, 3.05) is 0 Å². The highest BCUT2D eigenvalue weighted by Crippen LogP contribution is 2.41. The highest BCUT2D eigenvalue weighted by atomic mass is 16.7. The van der Waals surface area contributed by atoms with Gasteiger partial charge in [0.25, 0.3) is 0 Å². The maximum absolute atomic E-state index is 6.17. The Balaban J connectivity index is 1.63. The minimum Gasteiger partial charge on any atom is -0.400 e. The fourth-order valence-corrected chi connectivity index (χ4v) is 3.42. The van der Waals surface area contributed by atoms with E-state index in [-0.39, 0.29) is 18.3 Å². The summed E-state index contributed by atoms with van der Waals surface area (Å²) in [5, 5.41) is 0. The second kappa shape index (κ2) is 5.44. The van der Waals surface area contributed by atoms with Gasteiger partial charge in [-0.1, -0.05) is 30.4 Å². The standard InChI is InChI=1S/C18H27BO2/c1-17(2)18(3,4)21-19(20-17)16-12-10-15(11-13-16)14-8-6-5-7-9-14/h5-8,12,14-15H,9-11,13H2,1-4H3. The molecule has 1 heterocycles. The van der Waals surface area contributed by atoms with Gasteiger partial charge < -0.3 is 9.31 Å². The Morgan fingerprint density at radius 2 is 1.76 bits per heavy atom. The number of hydrogen-bond acceptors (Lipinski definition) is 2. The summed E-state index contributed by atoms with van der Waals surface area (Å²) in [6.07, 6.45) is 16.1. The van der Waals surface area contributed by atoms with E-state index in [1.165, 1.54) is 18.3 Å². The Morgan fingerprint density at radius 1 is 1.05 bits per heavy atom. The predicted octanol–water partition coefficient (Wildman–Crippen LogP) is 4.48. The molecule has 3 rings (SSSR count). The van der Waals surface area contributed by atoms with Gasteiger partial charge in [-0.25, -0.2) is 0 Å². The van der Waals surface area contributed by atoms with Gasteiger partial charge in [-0.2, -0.15) is 0 Å². The summed E-state index contributed by atoms with van der Waals surface area (Å²) in [6, 6.07) is 0. The SMILES string of the molecule is CC1(C)OB(C2=CCC(C3C=CC=CC3)CC2)OC1(C)C. The van der Waals surface area contributed by atoms with Gasteiger partial charge in [0.1, 0.15) is 0 Å². The van der Waals surface area contributed by atoms with Crippen LogP contribution in [0.25, 0.3) is 0 Å². The molecule has 2 aliphatic carbocycles. The van der Waals surface area contributed by atoms with E-state index in [2.05, 4.69) is 58.1 Å². The minimum absolute atomic E-state index is 0.141. The topological polar surface area (TPSA) is 18.5 Å². The van der Waals surface area contributed by atoms with Crippen LogP contribution >= 0.6 is 0 Å². The van der Waals surface area contributed by atoms with Crippen molar-refractivity contribution in [2.24, 2.45) is 11.8 Å². The second-order valence-corrected chi connectivity index (χ2v) is 7.61. The van der Waals surface area contributed by atoms with E-state index in [9.17, 15) is 0 Å². The first-order valence-electron chi connectivity index (χ1n) is 8.27. The van der Waals surface area contributed by atoms with E-state index in [4.69, 9.17) is 9.31 Å². The number of hydrogen-bond donors (Lipinski definition) is 0. The van der Waals surface area contributed by atoms with Crippen LogP contribution in [0.4, 0.5) is 0 Å². The first-order chi connectivity index (χ1) is 9.89. The Labute approximate surface area is 129 Å². The molecular formula is C18H27BO2. The molecule has 0 aromatic carbocycles. The van der Waals surface area contributed by atoms with Gasteiger partial charge in [-0.05, 0) is 70.7 Å². The number of allylic oxidation sites excluding steroid dienone is 6. The summed E-state index contributed by atoms with van der Waals surface area (Å²) < 4.78 is 12.3. The molecule has 21 heavy (non-hydrogen) atoms. The average molecular weight is 286 g/mol. The van der Waals surface area contributed by atoms with Crippen LogP contribution < -0.4 is 0 Å². The van der Waals surface area contributed by atoms with Crippen molar-refractivity contribution >= 4 is 7.12 Å². The molecule has 0 aromatic heterocycles. The largest absolute Gasteiger partial charge is 0.490 e. The molecule has 0 radical (unpaired) electrons. The van der Waals surface area contributed by atoms with E-state index < -0.39 is 0 Å². The van der Waals surface area contributed by atoms with E-state index in [0.717, 1.165) is 18.8 Å². The third kappa shape index (κ3) is 2.91. The summed E-state index contributed by atoms with van der Waals surface area (Å²) in [6.45, 7) is 8.49. The van der Waals surface area contributed by atoms with Crippen molar-refractivity contribution < 1.29 is 9.31 Å². The van der Waals surface area contributed by atoms with Gasteiger partial charge in [0.15, 0.2) is 0 Å². The molecule has 1 saturated heterocycles. The van der Waals surface area contributed by atoms with Gasteiger partial charge in [-0.3, -0.25) is 0 Å². The summed E-state index contributed by atoms with van der Waals surface area (Å²) >= 11 is 0. The van der Waals surface area contributed by atoms with Crippen LogP contribution in [0.2, 0.25) is 0 Å². The van der Waals surface area contributed by atoms with Crippen molar-refractivity contribution in [3.05, 3.63) is 35.9 Å². The van der Waals surface area contributed by atoms with E-state index >= 15 is 0 Å². The molecular weight excluding hydrogens is 259 g/mol. The van der Waals surface area contributed by atoms with Gasteiger partial charge in [-0.15, -0.1) is 0 Å². The lowest BCUT2D eigenvalue weighted by molar-refractivity contribution is 0.00578. The summed E-state index contributed by atoms with van der Waals surface area (Å²) in [5.74, 6) is 1.49. The van der Waals surface area contributed by atoms with Crippen LogP contribution in [0.3, 0.4) is 0 Å². The highest BCUT2D eigenvalue weighted by molar-refractivity contribution is 6.54. The lowest BCUT2D eigenvalue weighted by atomic mass is 9.68. The monoisotopic (exact) mass is 286 g/mol. The molecule has 0 amide bonds. The van der Waals surface area contributed by atoms with Gasteiger partial charge in [0.05, 0.1) is 11.2 Å². The van der Waals surface area contributed by atoms with Crippen LogP contribution in [0.15, 0.2) is 35.9 Å². The zero-order chi connectivity index (χ0) is 15.1. The lowest BCUT2D eigenvalue weighted by Gasteiger charge is -2.32. The van der Waals surface area contributed by atoms with Crippen molar-refractivity contribution in [3.63, 3.8) is 0 Å². The molecule has 0 saturated carbocycles.